The fourth-order valence-corrected chi connectivity index (χ4v) is 2.89. The third-order valence-corrected chi connectivity index (χ3v) is 3.95. The minimum atomic E-state index is -0.181. The molecule has 0 saturated heterocycles. The molecule has 104 valence electrons. The first kappa shape index (κ1) is 14.0. The van der Waals surface area contributed by atoms with Crippen LogP contribution in [-0.2, 0) is 9.53 Å². The molecule has 0 unspecified atom stereocenters. The van der Waals surface area contributed by atoms with E-state index in [2.05, 4.69) is 0 Å². The average molecular weight is 264 g/mol. The second kappa shape index (κ2) is 6.69. The van der Waals surface area contributed by atoms with E-state index in [-0.39, 0.29) is 11.8 Å². The quantitative estimate of drug-likeness (QED) is 0.767. The molecule has 0 aliphatic heterocycles. The molecule has 1 fully saturated rings. The lowest BCUT2D eigenvalue weighted by Gasteiger charge is -2.28. The van der Waals surface area contributed by atoms with E-state index >= 15 is 0 Å². The van der Waals surface area contributed by atoms with Gasteiger partial charge in [-0.15, -0.1) is 0 Å². The maximum atomic E-state index is 12.9. The Balaban J connectivity index is 1.82. The summed E-state index contributed by atoms with van der Waals surface area (Å²) in [6.07, 6.45) is 4.82. The molecule has 0 spiro atoms. The van der Waals surface area contributed by atoms with Crippen molar-refractivity contribution < 1.29 is 13.9 Å². The molecule has 2 nitrogen and oxygen atoms in total. The molecule has 1 saturated carbocycles. The predicted octanol–water partition coefficient (Wildman–Crippen LogP) is 4.05. The van der Waals surface area contributed by atoms with Crippen molar-refractivity contribution in [1.29, 1.82) is 0 Å². The molecule has 0 N–H and O–H groups in total. The van der Waals surface area contributed by atoms with Gasteiger partial charge in [-0.3, -0.25) is 4.79 Å². The van der Waals surface area contributed by atoms with Gasteiger partial charge in [0.2, 0.25) is 0 Å². The summed E-state index contributed by atoms with van der Waals surface area (Å²) in [6.45, 7) is 2.30. The summed E-state index contributed by atoms with van der Waals surface area (Å²) in [5.41, 5.74) is 1.22. The topological polar surface area (TPSA) is 26.3 Å². The van der Waals surface area contributed by atoms with Gasteiger partial charge in [0.15, 0.2) is 0 Å². The van der Waals surface area contributed by atoms with Crippen molar-refractivity contribution in [2.75, 3.05) is 6.61 Å². The van der Waals surface area contributed by atoms with Gasteiger partial charge in [0, 0.05) is 6.42 Å². The van der Waals surface area contributed by atoms with Crippen molar-refractivity contribution >= 4 is 5.97 Å². The lowest BCUT2D eigenvalue weighted by Crippen LogP contribution is -2.17. The minimum absolute atomic E-state index is 0.0762. The first-order valence-corrected chi connectivity index (χ1v) is 7.10. The van der Waals surface area contributed by atoms with Crippen LogP contribution < -0.4 is 0 Å². The van der Waals surface area contributed by atoms with Gasteiger partial charge in [-0.1, -0.05) is 12.1 Å². The van der Waals surface area contributed by atoms with E-state index in [0.29, 0.717) is 24.9 Å². The van der Waals surface area contributed by atoms with Crippen molar-refractivity contribution in [1.82, 2.24) is 0 Å². The van der Waals surface area contributed by atoms with Gasteiger partial charge in [-0.05, 0) is 62.1 Å². The van der Waals surface area contributed by atoms with Crippen LogP contribution in [-0.4, -0.2) is 12.6 Å². The van der Waals surface area contributed by atoms with Gasteiger partial charge in [0.05, 0.1) is 6.61 Å². The zero-order valence-electron chi connectivity index (χ0n) is 11.4. The van der Waals surface area contributed by atoms with Crippen LogP contribution in [0.2, 0.25) is 0 Å². The first-order chi connectivity index (χ1) is 9.19. The van der Waals surface area contributed by atoms with Crippen molar-refractivity contribution in [2.24, 2.45) is 5.92 Å². The number of hydrogen-bond acceptors (Lipinski definition) is 2. The molecule has 3 heteroatoms. The monoisotopic (exact) mass is 264 g/mol. The number of rotatable bonds is 4. The maximum Gasteiger partial charge on any atom is 0.306 e. The Hall–Kier alpha value is -1.38. The SMILES string of the molecule is CCOC(=O)CC1CCC(c2ccc(F)cc2)CC1. The van der Waals surface area contributed by atoms with E-state index in [1.165, 1.54) is 17.7 Å². The molecule has 1 aliphatic rings. The number of halogens is 1. The summed E-state index contributed by atoms with van der Waals surface area (Å²) in [4.78, 5) is 11.4. The van der Waals surface area contributed by atoms with Crippen molar-refractivity contribution in [3.63, 3.8) is 0 Å². The Morgan fingerprint density at radius 3 is 2.42 bits per heavy atom. The molecule has 19 heavy (non-hydrogen) atoms. The highest BCUT2D eigenvalue weighted by Gasteiger charge is 2.24. The fourth-order valence-electron chi connectivity index (χ4n) is 2.89. The van der Waals surface area contributed by atoms with Gasteiger partial charge in [-0.25, -0.2) is 4.39 Å². The van der Waals surface area contributed by atoms with Crippen LogP contribution in [0.1, 0.15) is 50.5 Å². The average Bonchev–Trinajstić information content (AvgIpc) is 2.41. The number of ether oxygens (including phenoxy) is 1. The van der Waals surface area contributed by atoms with Crippen LogP contribution >= 0.6 is 0 Å². The number of benzene rings is 1. The molecule has 0 aromatic heterocycles. The number of carbonyl (C=O) groups is 1. The lowest BCUT2D eigenvalue weighted by atomic mass is 9.77. The molecule has 1 aromatic carbocycles. The molecule has 1 aliphatic carbocycles. The largest absolute Gasteiger partial charge is 0.466 e. The van der Waals surface area contributed by atoms with E-state index < -0.39 is 0 Å². The smallest absolute Gasteiger partial charge is 0.306 e. The molecular weight excluding hydrogens is 243 g/mol. The van der Waals surface area contributed by atoms with Crippen LogP contribution in [0.5, 0.6) is 0 Å². The van der Waals surface area contributed by atoms with Gasteiger partial charge in [0.25, 0.3) is 0 Å². The number of hydrogen-bond donors (Lipinski definition) is 0. The number of esters is 1. The summed E-state index contributed by atoms with van der Waals surface area (Å²) >= 11 is 0. The Bertz CT molecular complexity index is 405. The first-order valence-electron chi connectivity index (χ1n) is 7.10. The van der Waals surface area contributed by atoms with E-state index in [4.69, 9.17) is 4.74 Å². The van der Waals surface area contributed by atoms with Crippen molar-refractivity contribution in [2.45, 2.75) is 44.9 Å². The molecular formula is C16H21FO2. The van der Waals surface area contributed by atoms with E-state index in [1.807, 2.05) is 19.1 Å². The van der Waals surface area contributed by atoms with Crippen LogP contribution in [0, 0.1) is 11.7 Å². The van der Waals surface area contributed by atoms with Crippen LogP contribution in [0.4, 0.5) is 4.39 Å². The summed E-state index contributed by atoms with van der Waals surface area (Å²) in [5.74, 6) is 0.710. The highest BCUT2D eigenvalue weighted by molar-refractivity contribution is 5.69. The molecule has 1 aromatic rings. The Kier molecular flexibility index (Phi) is 4.94. The van der Waals surface area contributed by atoms with Gasteiger partial charge < -0.3 is 4.74 Å². The van der Waals surface area contributed by atoms with Crippen LogP contribution in [0.25, 0.3) is 0 Å². The third-order valence-electron chi connectivity index (χ3n) is 3.95. The van der Waals surface area contributed by atoms with E-state index in [1.54, 1.807) is 0 Å². The summed E-state index contributed by atoms with van der Waals surface area (Å²) in [6, 6.07) is 6.82. The molecule has 0 heterocycles. The molecule has 0 atom stereocenters. The summed E-state index contributed by atoms with van der Waals surface area (Å²) in [7, 11) is 0. The molecule has 0 bridgehead atoms. The standard InChI is InChI=1S/C16H21FO2/c1-2-19-16(18)11-12-3-5-13(6-4-12)14-7-9-15(17)10-8-14/h7-10,12-13H,2-6,11H2,1H3. The Morgan fingerprint density at radius 2 is 1.84 bits per heavy atom. The summed E-state index contributed by atoms with van der Waals surface area (Å²) in [5, 5.41) is 0. The van der Waals surface area contributed by atoms with Crippen LogP contribution in [0.3, 0.4) is 0 Å². The van der Waals surface area contributed by atoms with E-state index in [0.717, 1.165) is 25.7 Å². The third kappa shape index (κ3) is 4.05. The second-order valence-corrected chi connectivity index (χ2v) is 5.28. The summed E-state index contributed by atoms with van der Waals surface area (Å²) < 4.78 is 17.9. The highest BCUT2D eigenvalue weighted by atomic mass is 19.1. The highest BCUT2D eigenvalue weighted by Crippen LogP contribution is 2.37. The van der Waals surface area contributed by atoms with Crippen molar-refractivity contribution in [3.05, 3.63) is 35.6 Å². The number of carbonyl (C=O) groups excluding carboxylic acids is 1. The zero-order chi connectivity index (χ0) is 13.7. The van der Waals surface area contributed by atoms with Crippen molar-refractivity contribution in [3.8, 4) is 0 Å². The fraction of sp³-hybridized carbons (Fsp3) is 0.562. The lowest BCUT2D eigenvalue weighted by molar-refractivity contribution is -0.144. The Morgan fingerprint density at radius 1 is 1.21 bits per heavy atom. The second-order valence-electron chi connectivity index (χ2n) is 5.28. The minimum Gasteiger partial charge on any atom is -0.466 e. The van der Waals surface area contributed by atoms with Gasteiger partial charge >= 0.3 is 5.97 Å². The maximum absolute atomic E-state index is 12.9. The molecule has 2 rings (SSSR count). The normalized spacial score (nSPS) is 23.1. The Labute approximate surface area is 114 Å². The van der Waals surface area contributed by atoms with Gasteiger partial charge in [0.1, 0.15) is 5.82 Å². The zero-order valence-corrected chi connectivity index (χ0v) is 11.4. The van der Waals surface area contributed by atoms with E-state index in [9.17, 15) is 9.18 Å². The molecule has 0 radical (unpaired) electrons. The molecule has 0 amide bonds. The predicted molar refractivity (Wildman–Crippen MR) is 72.3 cm³/mol. The van der Waals surface area contributed by atoms with Gasteiger partial charge in [-0.2, -0.15) is 0 Å². The van der Waals surface area contributed by atoms with Crippen LogP contribution in [0.15, 0.2) is 24.3 Å².